The van der Waals surface area contributed by atoms with Crippen molar-refractivity contribution in [2.75, 3.05) is 14.2 Å². The fourth-order valence-electron chi connectivity index (χ4n) is 2.34. The fraction of sp³-hybridized carbons (Fsp3) is 0.286. The molecule has 0 saturated carbocycles. The topological polar surface area (TPSA) is 56.8 Å². The molecule has 2 aromatic carbocycles. The molecule has 26 heavy (non-hydrogen) atoms. The predicted octanol–water partition coefficient (Wildman–Crippen LogP) is 3.82. The van der Waals surface area contributed by atoms with Gasteiger partial charge in [-0.3, -0.25) is 4.79 Å². The molecule has 0 atom stereocenters. The molecule has 0 saturated heterocycles. The normalized spacial score (nSPS) is 10.8. The van der Waals surface area contributed by atoms with Gasteiger partial charge in [0.25, 0.3) is 0 Å². The van der Waals surface area contributed by atoms with Crippen LogP contribution in [-0.4, -0.2) is 26.2 Å². The van der Waals surface area contributed by atoms with Gasteiger partial charge in [0, 0.05) is 18.2 Å². The van der Waals surface area contributed by atoms with Crippen LogP contribution in [0.5, 0.6) is 17.2 Å². The van der Waals surface area contributed by atoms with Crippen molar-refractivity contribution in [3.05, 3.63) is 59.7 Å². The Morgan fingerprint density at radius 3 is 2.35 bits per heavy atom. The molecular weight excluding hydrogens is 330 g/mol. The van der Waals surface area contributed by atoms with Crippen LogP contribution in [-0.2, 0) is 11.3 Å². The molecule has 0 unspecified atom stereocenters. The molecule has 5 heteroatoms. The molecule has 0 radical (unpaired) electrons. The van der Waals surface area contributed by atoms with Crippen molar-refractivity contribution in [2.24, 2.45) is 0 Å². The van der Waals surface area contributed by atoms with Crippen molar-refractivity contribution in [2.45, 2.75) is 26.5 Å². The summed E-state index contributed by atoms with van der Waals surface area (Å²) in [7, 11) is 3.19. The van der Waals surface area contributed by atoms with Gasteiger partial charge < -0.3 is 19.5 Å². The van der Waals surface area contributed by atoms with E-state index in [1.165, 1.54) is 6.08 Å². The average Bonchev–Trinajstić information content (AvgIpc) is 2.65. The Bertz CT molecular complexity index is 751. The third-order valence-corrected chi connectivity index (χ3v) is 3.61. The second kappa shape index (κ2) is 9.51. The summed E-state index contributed by atoms with van der Waals surface area (Å²) in [6.45, 7) is 4.41. The van der Waals surface area contributed by atoms with Crippen LogP contribution in [0.4, 0.5) is 0 Å². The van der Waals surface area contributed by atoms with Crippen LogP contribution in [0.3, 0.4) is 0 Å². The number of carbonyl (C=O) groups excluding carboxylic acids is 1. The first-order chi connectivity index (χ1) is 12.5. The monoisotopic (exact) mass is 355 g/mol. The summed E-state index contributed by atoms with van der Waals surface area (Å²) in [5, 5.41) is 2.86. The largest absolute Gasteiger partial charge is 0.497 e. The molecule has 138 valence electrons. The maximum absolute atomic E-state index is 12.1. The zero-order valence-electron chi connectivity index (χ0n) is 15.6. The molecule has 0 aromatic heterocycles. The second-order valence-corrected chi connectivity index (χ2v) is 5.97. The summed E-state index contributed by atoms with van der Waals surface area (Å²) in [4.78, 5) is 12.1. The van der Waals surface area contributed by atoms with Crippen molar-refractivity contribution in [1.29, 1.82) is 0 Å². The lowest BCUT2D eigenvalue weighted by atomic mass is 10.1. The van der Waals surface area contributed by atoms with Crippen LogP contribution < -0.4 is 19.5 Å². The third kappa shape index (κ3) is 5.84. The van der Waals surface area contributed by atoms with Gasteiger partial charge >= 0.3 is 0 Å². The number of ether oxygens (including phenoxy) is 3. The fourth-order valence-corrected chi connectivity index (χ4v) is 2.34. The minimum absolute atomic E-state index is 0.138. The standard InChI is InChI=1S/C21H25NO4/c1-15(2)26-18-8-5-16(6-9-18)14-22-21(23)12-7-17-13-19(24-3)10-11-20(17)25-4/h5-13,15H,14H2,1-4H3,(H,22,23)/b12-7+. The number of rotatable bonds is 8. The summed E-state index contributed by atoms with van der Waals surface area (Å²) in [6, 6.07) is 13.1. The Morgan fingerprint density at radius 2 is 1.73 bits per heavy atom. The highest BCUT2D eigenvalue weighted by Gasteiger charge is 2.04. The van der Waals surface area contributed by atoms with Gasteiger partial charge in [0.15, 0.2) is 0 Å². The molecule has 5 nitrogen and oxygen atoms in total. The first-order valence-electron chi connectivity index (χ1n) is 8.45. The van der Waals surface area contributed by atoms with E-state index in [-0.39, 0.29) is 12.0 Å². The average molecular weight is 355 g/mol. The summed E-state index contributed by atoms with van der Waals surface area (Å²) in [6.07, 6.45) is 3.32. The molecular formula is C21H25NO4. The van der Waals surface area contributed by atoms with E-state index in [0.717, 1.165) is 16.9 Å². The van der Waals surface area contributed by atoms with Gasteiger partial charge in [-0.15, -0.1) is 0 Å². The smallest absolute Gasteiger partial charge is 0.244 e. The summed E-state index contributed by atoms with van der Waals surface area (Å²) >= 11 is 0. The van der Waals surface area contributed by atoms with Gasteiger partial charge in [-0.1, -0.05) is 12.1 Å². The number of hydrogen-bond donors (Lipinski definition) is 1. The highest BCUT2D eigenvalue weighted by Crippen LogP contribution is 2.25. The SMILES string of the molecule is COc1ccc(OC)c(/C=C/C(=O)NCc2ccc(OC(C)C)cc2)c1. The maximum Gasteiger partial charge on any atom is 0.244 e. The minimum Gasteiger partial charge on any atom is -0.497 e. The molecule has 1 amide bonds. The Labute approximate surface area is 154 Å². The number of benzene rings is 2. The number of methoxy groups -OCH3 is 2. The van der Waals surface area contributed by atoms with E-state index >= 15 is 0 Å². The van der Waals surface area contributed by atoms with E-state index in [2.05, 4.69) is 5.32 Å². The van der Waals surface area contributed by atoms with Crippen LogP contribution in [0.1, 0.15) is 25.0 Å². The van der Waals surface area contributed by atoms with E-state index < -0.39 is 0 Å². The lowest BCUT2D eigenvalue weighted by Gasteiger charge is -2.10. The molecule has 0 aliphatic carbocycles. The van der Waals surface area contributed by atoms with E-state index in [1.807, 2.05) is 50.2 Å². The maximum atomic E-state index is 12.1. The van der Waals surface area contributed by atoms with E-state index in [1.54, 1.807) is 26.4 Å². The molecule has 0 heterocycles. The van der Waals surface area contributed by atoms with Gasteiger partial charge in [-0.25, -0.2) is 0 Å². The van der Waals surface area contributed by atoms with E-state index in [9.17, 15) is 4.79 Å². The number of amides is 1. The van der Waals surface area contributed by atoms with Crippen LogP contribution in [0.15, 0.2) is 48.5 Å². The van der Waals surface area contributed by atoms with Crippen LogP contribution in [0.2, 0.25) is 0 Å². The Morgan fingerprint density at radius 1 is 1.04 bits per heavy atom. The van der Waals surface area contributed by atoms with Crippen molar-refractivity contribution < 1.29 is 19.0 Å². The lowest BCUT2D eigenvalue weighted by Crippen LogP contribution is -2.20. The number of nitrogens with one attached hydrogen (secondary N) is 1. The van der Waals surface area contributed by atoms with Gasteiger partial charge in [-0.2, -0.15) is 0 Å². The lowest BCUT2D eigenvalue weighted by molar-refractivity contribution is -0.116. The molecule has 0 fully saturated rings. The summed E-state index contributed by atoms with van der Waals surface area (Å²) in [5.74, 6) is 2.02. The zero-order chi connectivity index (χ0) is 18.9. The first kappa shape index (κ1) is 19.4. The third-order valence-electron chi connectivity index (χ3n) is 3.61. The number of carbonyl (C=O) groups is 1. The Hall–Kier alpha value is -2.95. The second-order valence-electron chi connectivity index (χ2n) is 5.97. The van der Waals surface area contributed by atoms with Crippen LogP contribution >= 0.6 is 0 Å². The Kier molecular flexibility index (Phi) is 7.09. The quantitative estimate of drug-likeness (QED) is 0.732. The molecule has 1 N–H and O–H groups in total. The van der Waals surface area contributed by atoms with Gasteiger partial charge in [0.1, 0.15) is 17.2 Å². The Balaban J connectivity index is 1.93. The molecule has 0 aliphatic heterocycles. The van der Waals surface area contributed by atoms with Crippen molar-refractivity contribution >= 4 is 12.0 Å². The van der Waals surface area contributed by atoms with Crippen molar-refractivity contribution in [3.8, 4) is 17.2 Å². The van der Waals surface area contributed by atoms with Crippen LogP contribution in [0, 0.1) is 0 Å². The van der Waals surface area contributed by atoms with Crippen molar-refractivity contribution in [3.63, 3.8) is 0 Å². The predicted molar refractivity (Wildman–Crippen MR) is 103 cm³/mol. The molecule has 0 bridgehead atoms. The van der Waals surface area contributed by atoms with E-state index in [4.69, 9.17) is 14.2 Å². The highest BCUT2D eigenvalue weighted by molar-refractivity contribution is 5.92. The molecule has 2 rings (SSSR count). The minimum atomic E-state index is -0.183. The van der Waals surface area contributed by atoms with E-state index in [0.29, 0.717) is 18.0 Å². The zero-order valence-corrected chi connectivity index (χ0v) is 15.6. The van der Waals surface area contributed by atoms with Crippen molar-refractivity contribution in [1.82, 2.24) is 5.32 Å². The molecule has 0 aliphatic rings. The van der Waals surface area contributed by atoms with Crippen LogP contribution in [0.25, 0.3) is 6.08 Å². The summed E-state index contributed by atoms with van der Waals surface area (Å²) in [5.41, 5.74) is 1.78. The highest BCUT2D eigenvalue weighted by atomic mass is 16.5. The number of hydrogen-bond acceptors (Lipinski definition) is 4. The molecule has 2 aromatic rings. The summed E-state index contributed by atoms with van der Waals surface area (Å²) < 4.78 is 16.1. The van der Waals surface area contributed by atoms with Gasteiger partial charge in [0.2, 0.25) is 5.91 Å². The molecule has 0 spiro atoms. The first-order valence-corrected chi connectivity index (χ1v) is 8.45. The van der Waals surface area contributed by atoms with Gasteiger partial charge in [-0.05, 0) is 55.8 Å². The van der Waals surface area contributed by atoms with Gasteiger partial charge in [0.05, 0.1) is 20.3 Å².